The largest absolute Gasteiger partial charge is 0.493 e. The summed E-state index contributed by atoms with van der Waals surface area (Å²) in [6.45, 7) is 0.593. The minimum absolute atomic E-state index is 0.0559. The quantitative estimate of drug-likeness (QED) is 0.704. The second-order valence-electron chi connectivity index (χ2n) is 4.28. The number of hydrogen-bond donors (Lipinski definition) is 1. The summed E-state index contributed by atoms with van der Waals surface area (Å²) in [5, 5.41) is 4.92. The second kappa shape index (κ2) is 8.01. The van der Waals surface area contributed by atoms with Crippen LogP contribution in [0.2, 0.25) is 0 Å². The highest BCUT2D eigenvalue weighted by Crippen LogP contribution is 2.25. The topological polar surface area (TPSA) is 78.6 Å². The van der Waals surface area contributed by atoms with Crippen molar-refractivity contribution in [2.24, 2.45) is 5.14 Å². The molecule has 0 bridgehead atoms. The Labute approximate surface area is 114 Å². The molecule has 1 aromatic carbocycles. The summed E-state index contributed by atoms with van der Waals surface area (Å²) in [5.41, 5.74) is 0. The Morgan fingerprint density at radius 2 is 1.68 bits per heavy atom. The van der Waals surface area contributed by atoms with E-state index in [1.165, 1.54) is 0 Å². The standard InChI is InChI=1S/C13H21NO4S/c1-17-12-8-4-5-9-13(12)18-10-6-2-3-7-11-19(14,15)16/h4-5,8-9H,2-3,6-7,10-11H2,1H3,(H2,14,15,16). The SMILES string of the molecule is COc1ccccc1OCCCCCCS(N)(=O)=O. The summed E-state index contributed by atoms with van der Waals surface area (Å²) < 4.78 is 32.2. The molecule has 0 aliphatic rings. The zero-order chi connectivity index (χ0) is 14.1. The lowest BCUT2D eigenvalue weighted by Crippen LogP contribution is -2.16. The molecule has 0 aliphatic heterocycles. The Kier molecular flexibility index (Phi) is 6.66. The van der Waals surface area contributed by atoms with Crippen LogP contribution in [0.4, 0.5) is 0 Å². The Bertz CT molecular complexity index is 473. The summed E-state index contributed by atoms with van der Waals surface area (Å²) in [6.07, 6.45) is 3.24. The number of benzene rings is 1. The van der Waals surface area contributed by atoms with Crippen LogP contribution >= 0.6 is 0 Å². The highest BCUT2D eigenvalue weighted by Gasteiger charge is 2.03. The smallest absolute Gasteiger partial charge is 0.209 e. The Morgan fingerprint density at radius 1 is 1.05 bits per heavy atom. The fourth-order valence-electron chi connectivity index (χ4n) is 1.68. The van der Waals surface area contributed by atoms with Crippen molar-refractivity contribution in [3.05, 3.63) is 24.3 Å². The van der Waals surface area contributed by atoms with E-state index in [0.29, 0.717) is 13.0 Å². The molecule has 5 nitrogen and oxygen atoms in total. The fraction of sp³-hybridized carbons (Fsp3) is 0.538. The maximum absolute atomic E-state index is 10.7. The van der Waals surface area contributed by atoms with Gasteiger partial charge in [-0.15, -0.1) is 0 Å². The van der Waals surface area contributed by atoms with Crippen molar-refractivity contribution < 1.29 is 17.9 Å². The van der Waals surface area contributed by atoms with Crippen LogP contribution < -0.4 is 14.6 Å². The molecule has 0 aromatic heterocycles. The van der Waals surface area contributed by atoms with Gasteiger partial charge in [0.25, 0.3) is 0 Å². The monoisotopic (exact) mass is 287 g/mol. The molecular weight excluding hydrogens is 266 g/mol. The van der Waals surface area contributed by atoms with Crippen molar-refractivity contribution in [3.63, 3.8) is 0 Å². The van der Waals surface area contributed by atoms with E-state index in [9.17, 15) is 8.42 Å². The molecule has 0 saturated carbocycles. The molecule has 0 atom stereocenters. The van der Waals surface area contributed by atoms with E-state index in [1.54, 1.807) is 7.11 Å². The van der Waals surface area contributed by atoms with Crippen molar-refractivity contribution >= 4 is 10.0 Å². The third kappa shape index (κ3) is 7.03. The van der Waals surface area contributed by atoms with Crippen molar-refractivity contribution in [2.45, 2.75) is 25.7 Å². The molecule has 19 heavy (non-hydrogen) atoms. The average molecular weight is 287 g/mol. The number of rotatable bonds is 9. The second-order valence-corrected chi connectivity index (χ2v) is 6.01. The number of para-hydroxylation sites is 2. The highest BCUT2D eigenvalue weighted by atomic mass is 32.2. The van der Waals surface area contributed by atoms with Crippen LogP contribution in [-0.4, -0.2) is 27.9 Å². The van der Waals surface area contributed by atoms with Gasteiger partial charge in [0.2, 0.25) is 10.0 Å². The Balaban J connectivity index is 2.14. The number of primary sulfonamides is 1. The summed E-state index contributed by atoms with van der Waals surface area (Å²) in [6, 6.07) is 7.49. The van der Waals surface area contributed by atoms with E-state index >= 15 is 0 Å². The van der Waals surface area contributed by atoms with E-state index in [0.717, 1.165) is 30.8 Å². The van der Waals surface area contributed by atoms with Gasteiger partial charge in [-0.2, -0.15) is 0 Å². The van der Waals surface area contributed by atoms with Crippen molar-refractivity contribution in [2.75, 3.05) is 19.5 Å². The number of sulfonamides is 1. The van der Waals surface area contributed by atoms with E-state index < -0.39 is 10.0 Å². The minimum Gasteiger partial charge on any atom is -0.493 e. The molecule has 6 heteroatoms. The van der Waals surface area contributed by atoms with Gasteiger partial charge in [0.15, 0.2) is 11.5 Å². The number of nitrogens with two attached hydrogens (primary N) is 1. The molecular formula is C13H21NO4S. The number of methoxy groups -OCH3 is 1. The van der Waals surface area contributed by atoms with Crippen molar-refractivity contribution in [1.82, 2.24) is 0 Å². The first-order valence-electron chi connectivity index (χ1n) is 6.29. The van der Waals surface area contributed by atoms with Gasteiger partial charge in [-0.25, -0.2) is 13.6 Å². The average Bonchev–Trinajstić information content (AvgIpc) is 2.37. The van der Waals surface area contributed by atoms with E-state index in [1.807, 2.05) is 24.3 Å². The van der Waals surface area contributed by atoms with Gasteiger partial charge >= 0.3 is 0 Å². The predicted octanol–water partition coefficient (Wildman–Crippen LogP) is 1.92. The highest BCUT2D eigenvalue weighted by molar-refractivity contribution is 7.89. The molecule has 0 radical (unpaired) electrons. The van der Waals surface area contributed by atoms with Crippen molar-refractivity contribution in [3.8, 4) is 11.5 Å². The number of ether oxygens (including phenoxy) is 2. The molecule has 0 aliphatic carbocycles. The minimum atomic E-state index is -3.32. The van der Waals surface area contributed by atoms with Crippen LogP contribution in [0, 0.1) is 0 Å². The van der Waals surface area contributed by atoms with Gasteiger partial charge in [-0.3, -0.25) is 0 Å². The zero-order valence-electron chi connectivity index (χ0n) is 11.2. The first-order chi connectivity index (χ1) is 9.03. The molecule has 0 heterocycles. The maximum Gasteiger partial charge on any atom is 0.209 e. The summed E-state index contributed by atoms with van der Waals surface area (Å²) in [5.74, 6) is 1.51. The van der Waals surface area contributed by atoms with Gasteiger partial charge in [0, 0.05) is 0 Å². The number of unbranched alkanes of at least 4 members (excludes halogenated alkanes) is 3. The molecule has 0 unspecified atom stereocenters. The van der Waals surface area contributed by atoms with Crippen LogP contribution in [0.25, 0.3) is 0 Å². The van der Waals surface area contributed by atoms with Gasteiger partial charge in [0.1, 0.15) is 0 Å². The Morgan fingerprint density at radius 3 is 2.32 bits per heavy atom. The molecule has 1 rings (SSSR count). The first-order valence-corrected chi connectivity index (χ1v) is 8.01. The van der Waals surface area contributed by atoms with E-state index in [-0.39, 0.29) is 5.75 Å². The van der Waals surface area contributed by atoms with Crippen LogP contribution in [0.15, 0.2) is 24.3 Å². The molecule has 0 amide bonds. The van der Waals surface area contributed by atoms with Gasteiger partial charge in [0.05, 0.1) is 19.5 Å². The molecule has 108 valence electrons. The van der Waals surface area contributed by atoms with Gasteiger partial charge in [-0.1, -0.05) is 25.0 Å². The lowest BCUT2D eigenvalue weighted by molar-refractivity contribution is 0.285. The Hall–Kier alpha value is -1.27. The lowest BCUT2D eigenvalue weighted by Gasteiger charge is -2.09. The number of hydrogen-bond acceptors (Lipinski definition) is 4. The zero-order valence-corrected chi connectivity index (χ0v) is 12.0. The first kappa shape index (κ1) is 15.8. The third-order valence-corrected chi connectivity index (χ3v) is 3.51. The normalized spacial score (nSPS) is 11.3. The molecule has 0 fully saturated rings. The summed E-state index contributed by atoms with van der Waals surface area (Å²) in [7, 11) is -1.71. The predicted molar refractivity (Wildman–Crippen MR) is 74.9 cm³/mol. The maximum atomic E-state index is 10.7. The molecule has 1 aromatic rings. The van der Waals surface area contributed by atoms with Gasteiger partial charge in [-0.05, 0) is 25.0 Å². The van der Waals surface area contributed by atoms with Crippen LogP contribution in [0.1, 0.15) is 25.7 Å². The van der Waals surface area contributed by atoms with E-state index in [2.05, 4.69) is 0 Å². The fourth-order valence-corrected chi connectivity index (χ4v) is 2.29. The molecule has 0 saturated heterocycles. The summed E-state index contributed by atoms with van der Waals surface area (Å²) in [4.78, 5) is 0. The van der Waals surface area contributed by atoms with Crippen molar-refractivity contribution in [1.29, 1.82) is 0 Å². The van der Waals surface area contributed by atoms with Crippen LogP contribution in [0.5, 0.6) is 11.5 Å². The summed E-state index contributed by atoms with van der Waals surface area (Å²) >= 11 is 0. The lowest BCUT2D eigenvalue weighted by atomic mass is 10.2. The van der Waals surface area contributed by atoms with Gasteiger partial charge < -0.3 is 9.47 Å². The van der Waals surface area contributed by atoms with Crippen LogP contribution in [0.3, 0.4) is 0 Å². The molecule has 2 N–H and O–H groups in total. The molecule has 0 spiro atoms. The van der Waals surface area contributed by atoms with E-state index in [4.69, 9.17) is 14.6 Å². The van der Waals surface area contributed by atoms with Crippen LogP contribution in [-0.2, 0) is 10.0 Å². The third-order valence-electron chi connectivity index (χ3n) is 2.65.